The predicted molar refractivity (Wildman–Crippen MR) is 86.4 cm³/mol. The van der Waals surface area contributed by atoms with Gasteiger partial charge in [-0.2, -0.15) is 0 Å². The lowest BCUT2D eigenvalue weighted by molar-refractivity contribution is 0.344. The van der Waals surface area contributed by atoms with Crippen LogP contribution in [0.4, 0.5) is 8.78 Å². The topological polar surface area (TPSA) is 0 Å². The summed E-state index contributed by atoms with van der Waals surface area (Å²) in [5.41, 5.74) is 2.03. The largest absolute Gasteiger partial charge is 0.207 e. The van der Waals surface area contributed by atoms with E-state index in [9.17, 15) is 8.78 Å². The van der Waals surface area contributed by atoms with Gasteiger partial charge in [0.1, 0.15) is 11.6 Å². The number of halogens is 3. The lowest BCUT2D eigenvalue weighted by atomic mass is 9.68. The first-order valence-electron chi connectivity index (χ1n) is 7.71. The van der Waals surface area contributed by atoms with E-state index in [1.165, 1.54) is 17.7 Å². The number of hydrogen-bond donors (Lipinski definition) is 0. The zero-order valence-electron chi connectivity index (χ0n) is 12.6. The number of fused-ring (bicyclic) bond motifs is 1. The third kappa shape index (κ3) is 2.89. The Morgan fingerprint density at radius 1 is 1.05 bits per heavy atom. The third-order valence-corrected chi connectivity index (χ3v) is 5.09. The molecule has 0 bridgehead atoms. The summed E-state index contributed by atoms with van der Waals surface area (Å²) in [6.45, 7) is 2.06. The van der Waals surface area contributed by atoms with Gasteiger partial charge in [-0.3, -0.25) is 0 Å². The Bertz CT molecular complexity index is 679. The maximum Gasteiger partial charge on any atom is 0.127 e. The molecule has 2 aromatic rings. The van der Waals surface area contributed by atoms with Gasteiger partial charge in [0.15, 0.2) is 0 Å². The average molecular weight is 321 g/mol. The summed E-state index contributed by atoms with van der Waals surface area (Å²) in [5.74, 6) is -0.538. The van der Waals surface area contributed by atoms with Crippen LogP contribution in [0.1, 0.15) is 42.9 Å². The van der Waals surface area contributed by atoms with Gasteiger partial charge >= 0.3 is 0 Å². The van der Waals surface area contributed by atoms with Crippen LogP contribution < -0.4 is 0 Å². The maximum atomic E-state index is 14.3. The lowest BCUT2D eigenvalue weighted by Gasteiger charge is -2.36. The molecule has 1 aliphatic carbocycles. The van der Waals surface area contributed by atoms with Crippen molar-refractivity contribution in [2.75, 3.05) is 0 Å². The van der Waals surface area contributed by atoms with Gasteiger partial charge in [0, 0.05) is 5.02 Å². The van der Waals surface area contributed by atoms with E-state index in [0.717, 1.165) is 25.7 Å². The molecule has 0 spiro atoms. The molecule has 2 aromatic carbocycles. The van der Waals surface area contributed by atoms with Crippen LogP contribution in [0.3, 0.4) is 0 Å². The van der Waals surface area contributed by atoms with Crippen molar-refractivity contribution < 1.29 is 8.78 Å². The van der Waals surface area contributed by atoms with Crippen molar-refractivity contribution >= 4 is 11.6 Å². The highest BCUT2D eigenvalue weighted by Gasteiger charge is 2.35. The molecular formula is C19H19ClF2. The second kappa shape index (κ2) is 6.00. The Labute approximate surface area is 135 Å². The van der Waals surface area contributed by atoms with Gasteiger partial charge in [-0.05, 0) is 78.5 Å². The first kappa shape index (κ1) is 15.5. The smallest absolute Gasteiger partial charge is 0.127 e. The average Bonchev–Trinajstić information content (AvgIpc) is 2.51. The molecule has 116 valence electrons. The second-order valence-electron chi connectivity index (χ2n) is 6.42. The van der Waals surface area contributed by atoms with Crippen LogP contribution in [0.15, 0.2) is 36.4 Å². The SMILES string of the molecule is CC1(CCc2ccc(Cl)cc2)CCCc2c(F)ccc(F)c21. The minimum Gasteiger partial charge on any atom is -0.207 e. The van der Waals surface area contributed by atoms with Crippen LogP contribution >= 0.6 is 11.6 Å². The van der Waals surface area contributed by atoms with Crippen molar-refractivity contribution in [2.45, 2.75) is 44.4 Å². The fourth-order valence-electron chi connectivity index (χ4n) is 3.59. The monoisotopic (exact) mass is 320 g/mol. The Kier molecular flexibility index (Phi) is 4.22. The molecule has 1 unspecified atom stereocenters. The third-order valence-electron chi connectivity index (χ3n) is 4.84. The van der Waals surface area contributed by atoms with Crippen molar-refractivity contribution in [3.8, 4) is 0 Å². The van der Waals surface area contributed by atoms with E-state index in [1.54, 1.807) is 0 Å². The molecular weight excluding hydrogens is 302 g/mol. The summed E-state index contributed by atoms with van der Waals surface area (Å²) in [6, 6.07) is 10.2. The summed E-state index contributed by atoms with van der Waals surface area (Å²) >= 11 is 5.90. The summed E-state index contributed by atoms with van der Waals surface area (Å²) in [4.78, 5) is 0. The van der Waals surface area contributed by atoms with Crippen molar-refractivity contribution in [3.05, 3.63) is 69.7 Å². The predicted octanol–water partition coefficient (Wildman–Crippen LogP) is 5.85. The van der Waals surface area contributed by atoms with Crippen molar-refractivity contribution in [2.24, 2.45) is 0 Å². The van der Waals surface area contributed by atoms with Crippen molar-refractivity contribution in [1.82, 2.24) is 0 Å². The molecule has 0 nitrogen and oxygen atoms in total. The van der Waals surface area contributed by atoms with Crippen LogP contribution in [-0.4, -0.2) is 0 Å². The van der Waals surface area contributed by atoms with Crippen LogP contribution in [0.2, 0.25) is 5.02 Å². The number of aryl methyl sites for hydroxylation is 1. The number of rotatable bonds is 3. The van der Waals surface area contributed by atoms with Crippen LogP contribution in [0, 0.1) is 11.6 Å². The van der Waals surface area contributed by atoms with Gasteiger partial charge in [-0.15, -0.1) is 0 Å². The van der Waals surface area contributed by atoms with Gasteiger partial charge < -0.3 is 0 Å². The quantitative estimate of drug-likeness (QED) is 0.666. The van der Waals surface area contributed by atoms with Crippen LogP contribution in [0.5, 0.6) is 0 Å². The summed E-state index contributed by atoms with van der Waals surface area (Å²) < 4.78 is 28.4. The normalized spacial score (nSPS) is 20.7. The van der Waals surface area contributed by atoms with E-state index in [4.69, 9.17) is 11.6 Å². The Balaban J connectivity index is 1.88. The van der Waals surface area contributed by atoms with Gasteiger partial charge in [-0.25, -0.2) is 8.78 Å². The minimum absolute atomic E-state index is 0.269. The van der Waals surface area contributed by atoms with E-state index >= 15 is 0 Å². The highest BCUT2D eigenvalue weighted by Crippen LogP contribution is 2.42. The Morgan fingerprint density at radius 3 is 2.45 bits per heavy atom. The van der Waals surface area contributed by atoms with Gasteiger partial charge in [0.25, 0.3) is 0 Å². The van der Waals surface area contributed by atoms with E-state index in [1.807, 2.05) is 24.3 Å². The molecule has 0 saturated carbocycles. The van der Waals surface area contributed by atoms with Gasteiger partial charge in [0.2, 0.25) is 0 Å². The highest BCUT2D eigenvalue weighted by molar-refractivity contribution is 6.30. The number of benzene rings is 2. The molecule has 3 heteroatoms. The van der Waals surface area contributed by atoms with Crippen LogP contribution in [0.25, 0.3) is 0 Å². The van der Waals surface area contributed by atoms with E-state index < -0.39 is 0 Å². The van der Waals surface area contributed by atoms with E-state index in [0.29, 0.717) is 22.6 Å². The molecule has 0 saturated heterocycles. The molecule has 0 amide bonds. The molecule has 0 aromatic heterocycles. The van der Waals surface area contributed by atoms with E-state index in [-0.39, 0.29) is 17.0 Å². The molecule has 0 heterocycles. The summed E-state index contributed by atoms with van der Waals surface area (Å²) in [7, 11) is 0. The number of hydrogen-bond acceptors (Lipinski definition) is 0. The second-order valence-corrected chi connectivity index (χ2v) is 6.86. The molecule has 1 atom stereocenters. The standard InChI is InChI=1S/C19H19ClF2/c1-19(12-10-13-4-6-14(20)7-5-13)11-2-3-15-16(21)8-9-17(22)18(15)19/h4-9H,2-3,10-12H2,1H3. The molecule has 0 aliphatic heterocycles. The van der Waals surface area contributed by atoms with Crippen molar-refractivity contribution in [1.29, 1.82) is 0 Å². The Morgan fingerprint density at radius 2 is 1.73 bits per heavy atom. The molecule has 0 radical (unpaired) electrons. The zero-order chi connectivity index (χ0) is 15.7. The molecule has 1 aliphatic rings. The van der Waals surface area contributed by atoms with Gasteiger partial charge in [0.05, 0.1) is 0 Å². The molecule has 0 N–H and O–H groups in total. The van der Waals surface area contributed by atoms with Crippen LogP contribution in [-0.2, 0) is 18.3 Å². The first-order chi connectivity index (χ1) is 10.5. The zero-order valence-corrected chi connectivity index (χ0v) is 13.4. The Hall–Kier alpha value is -1.41. The van der Waals surface area contributed by atoms with Crippen molar-refractivity contribution in [3.63, 3.8) is 0 Å². The summed E-state index contributed by atoms with van der Waals surface area (Å²) in [5, 5.41) is 0.714. The van der Waals surface area contributed by atoms with Gasteiger partial charge in [-0.1, -0.05) is 30.7 Å². The summed E-state index contributed by atoms with van der Waals surface area (Å²) in [6.07, 6.45) is 4.08. The minimum atomic E-state index is -0.306. The molecule has 3 rings (SSSR count). The molecule has 22 heavy (non-hydrogen) atoms. The highest BCUT2D eigenvalue weighted by atomic mass is 35.5. The first-order valence-corrected chi connectivity index (χ1v) is 8.09. The lowest BCUT2D eigenvalue weighted by Crippen LogP contribution is -2.30. The van der Waals surface area contributed by atoms with E-state index in [2.05, 4.69) is 6.92 Å². The maximum absolute atomic E-state index is 14.3. The molecule has 0 fully saturated rings. The fraction of sp³-hybridized carbons (Fsp3) is 0.368. The fourth-order valence-corrected chi connectivity index (χ4v) is 3.72.